The van der Waals surface area contributed by atoms with E-state index in [-0.39, 0.29) is 35.7 Å². The topological polar surface area (TPSA) is 158 Å². The highest BCUT2D eigenvalue weighted by atomic mass is 79.9. The number of ether oxygens (including phenoxy) is 2. The number of hydrogen-bond acceptors (Lipinski definition) is 9. The van der Waals surface area contributed by atoms with E-state index < -0.39 is 56.0 Å². The Morgan fingerprint density at radius 1 is 1.29 bits per heavy atom. The summed E-state index contributed by atoms with van der Waals surface area (Å²) in [6.07, 6.45) is -0.251. The normalized spacial score (nSPS) is 21.6. The van der Waals surface area contributed by atoms with Gasteiger partial charge in [0.2, 0.25) is 0 Å². The maximum atomic E-state index is 14.0. The van der Waals surface area contributed by atoms with Crippen LogP contribution < -0.4 is 20.9 Å². The predicted molar refractivity (Wildman–Crippen MR) is 157 cm³/mol. The number of benzene rings is 1. The Kier molecular flexibility index (Phi) is 11.3. The standard InChI is InChI=1S/C27H37BrN3O9P/c1-17(2)23(25(34)37-16-27(3,4)5)30-41(36,40-19-9-7-6-8-10-19)38-15-21-20(32)13-22(39-21)31-14-18(11-12-28)24(33)29-26(31)35/h6-12,14,17,20-23,32H,13,15-16H2,1-5H3,(H,30,36)(H,29,33,35)/t20?,21?,22?,23-,41?/m0/s1. The lowest BCUT2D eigenvalue weighted by molar-refractivity contribution is -0.149. The number of aliphatic hydroxyl groups is 1. The summed E-state index contributed by atoms with van der Waals surface area (Å²) in [6.45, 7) is 9.04. The molecule has 1 fully saturated rings. The van der Waals surface area contributed by atoms with Gasteiger partial charge in [-0.3, -0.25) is 23.7 Å². The fourth-order valence-electron chi connectivity index (χ4n) is 3.84. The van der Waals surface area contributed by atoms with Gasteiger partial charge in [0.1, 0.15) is 24.1 Å². The van der Waals surface area contributed by atoms with Crippen LogP contribution in [0.3, 0.4) is 0 Å². The van der Waals surface area contributed by atoms with Crippen molar-refractivity contribution in [3.63, 3.8) is 0 Å². The lowest BCUT2D eigenvalue weighted by Gasteiger charge is -2.28. The Morgan fingerprint density at radius 3 is 2.59 bits per heavy atom. The maximum Gasteiger partial charge on any atom is 0.459 e. The minimum absolute atomic E-state index is 0.00245. The van der Waals surface area contributed by atoms with Crippen LogP contribution in [0, 0.1) is 11.3 Å². The summed E-state index contributed by atoms with van der Waals surface area (Å²) in [5.74, 6) is -0.725. The van der Waals surface area contributed by atoms with Crippen molar-refractivity contribution in [2.45, 2.75) is 65.5 Å². The Balaban J connectivity index is 1.80. The Morgan fingerprint density at radius 2 is 1.98 bits per heavy atom. The highest BCUT2D eigenvalue weighted by Gasteiger charge is 2.41. The van der Waals surface area contributed by atoms with Gasteiger partial charge < -0.3 is 19.1 Å². The zero-order chi connectivity index (χ0) is 30.4. The Labute approximate surface area is 246 Å². The number of aromatic amines is 1. The zero-order valence-corrected chi connectivity index (χ0v) is 26.1. The number of nitrogens with one attached hydrogen (secondary N) is 2. The first kappa shape index (κ1) is 33.0. The molecule has 1 aromatic carbocycles. The predicted octanol–water partition coefficient (Wildman–Crippen LogP) is 3.96. The number of nitrogens with zero attached hydrogens (tertiary/aromatic N) is 1. The number of aliphatic hydroxyl groups excluding tert-OH is 1. The largest absolute Gasteiger partial charge is 0.464 e. The van der Waals surface area contributed by atoms with E-state index in [1.165, 1.54) is 17.3 Å². The molecule has 226 valence electrons. The molecule has 12 nitrogen and oxygen atoms in total. The molecule has 1 aliphatic heterocycles. The van der Waals surface area contributed by atoms with Crippen molar-refractivity contribution in [3.8, 4) is 5.75 Å². The SMILES string of the molecule is CC(C)[C@H](NP(=O)(OCC1OC(n2cc(C=CBr)c(=O)[nH]c2=O)CC1O)Oc1ccccc1)C(=O)OCC(C)(C)C. The number of esters is 1. The average molecular weight is 658 g/mol. The quantitative estimate of drug-likeness (QED) is 0.225. The molecule has 0 amide bonds. The third-order valence-electron chi connectivity index (χ3n) is 6.00. The number of H-pyrrole nitrogens is 1. The van der Waals surface area contributed by atoms with Crippen molar-refractivity contribution < 1.29 is 33.0 Å². The van der Waals surface area contributed by atoms with Crippen LogP contribution in [0.5, 0.6) is 5.75 Å². The van der Waals surface area contributed by atoms with Gasteiger partial charge in [0.05, 0.1) is 24.9 Å². The van der Waals surface area contributed by atoms with Crippen molar-refractivity contribution in [2.24, 2.45) is 11.3 Å². The van der Waals surface area contributed by atoms with Gasteiger partial charge in [-0.05, 0) is 34.5 Å². The van der Waals surface area contributed by atoms with Crippen LogP contribution >= 0.6 is 23.7 Å². The first-order valence-corrected chi connectivity index (χ1v) is 15.6. The molecule has 0 radical (unpaired) electrons. The molecule has 0 aliphatic carbocycles. The fraction of sp³-hybridized carbons (Fsp3) is 0.519. The Bertz CT molecular complexity index is 1370. The lowest BCUT2D eigenvalue weighted by atomic mass is 9.98. The number of halogens is 1. The van der Waals surface area contributed by atoms with E-state index in [4.69, 9.17) is 18.5 Å². The maximum absolute atomic E-state index is 14.0. The van der Waals surface area contributed by atoms with E-state index in [1.807, 2.05) is 20.8 Å². The van der Waals surface area contributed by atoms with Gasteiger partial charge in [-0.1, -0.05) is 68.7 Å². The number of carbonyl (C=O) groups excluding carboxylic acids is 1. The fourth-order valence-corrected chi connectivity index (χ4v) is 5.79. The highest BCUT2D eigenvalue weighted by molar-refractivity contribution is 9.11. The van der Waals surface area contributed by atoms with Gasteiger partial charge in [0.25, 0.3) is 5.56 Å². The minimum Gasteiger partial charge on any atom is -0.464 e. The van der Waals surface area contributed by atoms with Crippen molar-refractivity contribution in [2.75, 3.05) is 13.2 Å². The van der Waals surface area contributed by atoms with Gasteiger partial charge in [-0.2, -0.15) is 5.09 Å². The first-order valence-electron chi connectivity index (χ1n) is 13.1. The van der Waals surface area contributed by atoms with Gasteiger partial charge in [-0.15, -0.1) is 0 Å². The molecule has 5 atom stereocenters. The second-order valence-electron chi connectivity index (χ2n) is 11.2. The first-order chi connectivity index (χ1) is 19.2. The second kappa shape index (κ2) is 14.1. The molecule has 1 saturated heterocycles. The molecular formula is C27H37BrN3O9P. The van der Waals surface area contributed by atoms with E-state index in [9.17, 15) is 24.1 Å². The molecule has 0 saturated carbocycles. The van der Waals surface area contributed by atoms with Crippen molar-refractivity contribution in [3.05, 3.63) is 67.9 Å². The van der Waals surface area contributed by atoms with Crippen LogP contribution in [0.4, 0.5) is 0 Å². The summed E-state index contributed by atoms with van der Waals surface area (Å²) < 4.78 is 38.0. The summed E-state index contributed by atoms with van der Waals surface area (Å²) in [6, 6.07) is 7.26. The third kappa shape index (κ3) is 9.49. The van der Waals surface area contributed by atoms with Crippen molar-refractivity contribution >= 4 is 35.7 Å². The molecule has 2 heterocycles. The van der Waals surface area contributed by atoms with Crippen molar-refractivity contribution in [1.29, 1.82) is 0 Å². The zero-order valence-electron chi connectivity index (χ0n) is 23.6. The minimum atomic E-state index is -4.25. The van der Waals surface area contributed by atoms with Gasteiger partial charge >= 0.3 is 19.4 Å². The summed E-state index contributed by atoms with van der Waals surface area (Å²) in [7, 11) is -4.25. The van der Waals surface area contributed by atoms with Gasteiger partial charge in [0.15, 0.2) is 0 Å². The van der Waals surface area contributed by atoms with Crippen molar-refractivity contribution in [1.82, 2.24) is 14.6 Å². The molecule has 0 bridgehead atoms. The molecule has 4 unspecified atom stereocenters. The second-order valence-corrected chi connectivity index (χ2v) is 13.4. The third-order valence-corrected chi connectivity index (χ3v) is 7.79. The smallest absolute Gasteiger partial charge is 0.459 e. The summed E-state index contributed by atoms with van der Waals surface area (Å²) in [5, 5.41) is 13.4. The molecule has 1 aromatic heterocycles. The highest BCUT2D eigenvalue weighted by Crippen LogP contribution is 2.46. The monoisotopic (exact) mass is 657 g/mol. The van der Waals surface area contributed by atoms with Crippen LogP contribution in [0.25, 0.3) is 6.08 Å². The molecule has 0 spiro atoms. The molecule has 41 heavy (non-hydrogen) atoms. The summed E-state index contributed by atoms with van der Waals surface area (Å²) >= 11 is 3.10. The Hall–Kier alpha value is -2.54. The molecule has 1 aliphatic rings. The average Bonchev–Trinajstić information content (AvgIpc) is 3.26. The number of rotatable bonds is 12. The van der Waals surface area contributed by atoms with Crippen LogP contribution in [0.1, 0.15) is 52.8 Å². The van der Waals surface area contributed by atoms with E-state index in [0.29, 0.717) is 0 Å². The van der Waals surface area contributed by atoms with E-state index in [2.05, 4.69) is 26.0 Å². The number of hydrogen-bond donors (Lipinski definition) is 3. The number of para-hydroxylation sites is 1. The molecular weight excluding hydrogens is 621 g/mol. The number of carbonyl (C=O) groups is 1. The van der Waals surface area contributed by atoms with Crippen LogP contribution in [0.15, 0.2) is 51.1 Å². The molecule has 14 heteroatoms. The number of aromatic nitrogens is 2. The van der Waals surface area contributed by atoms with Gasteiger partial charge in [-0.25, -0.2) is 9.36 Å². The summed E-state index contributed by atoms with van der Waals surface area (Å²) in [5.41, 5.74) is -1.37. The molecule has 3 rings (SSSR count). The van der Waals surface area contributed by atoms with E-state index in [0.717, 1.165) is 4.57 Å². The van der Waals surface area contributed by atoms with E-state index in [1.54, 1.807) is 44.2 Å². The van der Waals surface area contributed by atoms with Crippen LogP contribution in [-0.4, -0.2) is 52.1 Å². The van der Waals surface area contributed by atoms with Crippen LogP contribution in [-0.2, 0) is 23.4 Å². The molecule has 2 aromatic rings. The van der Waals surface area contributed by atoms with Gasteiger partial charge in [0, 0.05) is 12.6 Å². The van der Waals surface area contributed by atoms with Crippen LogP contribution in [0.2, 0.25) is 0 Å². The lowest BCUT2D eigenvalue weighted by Crippen LogP contribution is -2.43. The van der Waals surface area contributed by atoms with E-state index >= 15 is 0 Å². The summed E-state index contributed by atoms with van der Waals surface area (Å²) in [4.78, 5) is 41.1. The molecule has 3 N–H and O–H groups in total.